The fraction of sp³-hybridized carbons (Fsp3) is 0.714. The van der Waals surface area contributed by atoms with Gasteiger partial charge in [0.05, 0.1) is 6.07 Å². The summed E-state index contributed by atoms with van der Waals surface area (Å²) in [7, 11) is 0. The van der Waals surface area contributed by atoms with Crippen LogP contribution in [0.3, 0.4) is 0 Å². The number of hydrogen-bond acceptors (Lipinski definition) is 3. The molecule has 0 aliphatic carbocycles. The summed E-state index contributed by atoms with van der Waals surface area (Å²) in [5, 5.41) is 19.2. The van der Waals surface area contributed by atoms with Crippen molar-refractivity contribution < 1.29 is 9.90 Å². The van der Waals surface area contributed by atoms with Crippen LogP contribution in [0.1, 0.15) is 13.3 Å². The summed E-state index contributed by atoms with van der Waals surface area (Å²) in [4.78, 5) is 10.6. The van der Waals surface area contributed by atoms with Gasteiger partial charge in [0.15, 0.2) is 0 Å². The molecular weight excluding hydrogens is 144 g/mol. The molecule has 0 aromatic heterocycles. The number of amides is 1. The Labute approximate surface area is 65.8 Å². The van der Waals surface area contributed by atoms with Crippen LogP contribution in [0.4, 0.5) is 0 Å². The van der Waals surface area contributed by atoms with Crippen molar-refractivity contribution in [1.29, 1.82) is 5.26 Å². The third-order valence-electron chi connectivity index (χ3n) is 1.20. The predicted octanol–water partition coefficient (Wildman–Crippen LogP) is -0.355. The van der Waals surface area contributed by atoms with Crippen molar-refractivity contribution in [3.8, 4) is 6.07 Å². The summed E-state index contributed by atoms with van der Waals surface area (Å²) in [5.74, 6) is -0.231. The second-order valence-electron chi connectivity index (χ2n) is 2.43. The first-order valence-corrected chi connectivity index (χ1v) is 3.45. The molecule has 0 aromatic carbocycles. The first-order valence-electron chi connectivity index (χ1n) is 3.45. The molecule has 1 unspecified atom stereocenters. The second-order valence-corrected chi connectivity index (χ2v) is 2.43. The number of aliphatic hydroxyl groups is 1. The van der Waals surface area contributed by atoms with Crippen LogP contribution in [0.15, 0.2) is 0 Å². The molecule has 0 heterocycles. The van der Waals surface area contributed by atoms with Gasteiger partial charge in [-0.25, -0.2) is 0 Å². The van der Waals surface area contributed by atoms with Crippen LogP contribution >= 0.6 is 0 Å². The molecule has 0 fully saturated rings. The molecule has 4 nitrogen and oxygen atoms in total. The first-order chi connectivity index (χ1) is 5.20. The van der Waals surface area contributed by atoms with Crippen LogP contribution in [0.25, 0.3) is 0 Å². The Bertz CT molecular complexity index is 162. The maximum Gasteiger partial charge on any atom is 0.234 e. The number of nitrogens with one attached hydrogen (secondary N) is 1. The number of nitriles is 1. The molecular formula is C7H12N2O2. The lowest BCUT2D eigenvalue weighted by molar-refractivity contribution is -0.120. The van der Waals surface area contributed by atoms with Crippen LogP contribution < -0.4 is 5.32 Å². The van der Waals surface area contributed by atoms with Gasteiger partial charge in [-0.05, 0) is 5.92 Å². The maximum atomic E-state index is 10.6. The fourth-order valence-corrected chi connectivity index (χ4v) is 0.487. The number of hydrogen-bond donors (Lipinski definition) is 2. The van der Waals surface area contributed by atoms with E-state index < -0.39 is 0 Å². The van der Waals surface area contributed by atoms with Gasteiger partial charge in [0, 0.05) is 13.2 Å². The number of rotatable bonds is 4. The van der Waals surface area contributed by atoms with E-state index in [4.69, 9.17) is 10.4 Å². The lowest BCUT2D eigenvalue weighted by atomic mass is 10.2. The van der Waals surface area contributed by atoms with Gasteiger partial charge in [0.25, 0.3) is 0 Å². The molecule has 2 N–H and O–H groups in total. The largest absolute Gasteiger partial charge is 0.396 e. The van der Waals surface area contributed by atoms with Crippen LogP contribution in [-0.4, -0.2) is 24.2 Å². The zero-order valence-electron chi connectivity index (χ0n) is 6.50. The molecule has 0 radical (unpaired) electrons. The predicted molar refractivity (Wildman–Crippen MR) is 39.5 cm³/mol. The van der Waals surface area contributed by atoms with Crippen molar-refractivity contribution in [2.24, 2.45) is 5.92 Å². The molecule has 0 rings (SSSR count). The van der Waals surface area contributed by atoms with Crippen molar-refractivity contribution in [3.05, 3.63) is 0 Å². The van der Waals surface area contributed by atoms with E-state index in [-0.39, 0.29) is 24.9 Å². The minimum Gasteiger partial charge on any atom is -0.396 e. The third-order valence-corrected chi connectivity index (χ3v) is 1.20. The summed E-state index contributed by atoms with van der Waals surface area (Å²) >= 11 is 0. The SMILES string of the molecule is CC(CO)CNC(=O)CC#N. The van der Waals surface area contributed by atoms with Gasteiger partial charge >= 0.3 is 0 Å². The molecule has 11 heavy (non-hydrogen) atoms. The minimum atomic E-state index is -0.284. The average Bonchev–Trinajstić information content (AvgIpc) is 2.01. The van der Waals surface area contributed by atoms with Crippen molar-refractivity contribution in [2.45, 2.75) is 13.3 Å². The lowest BCUT2D eigenvalue weighted by Crippen LogP contribution is -2.28. The quantitative estimate of drug-likeness (QED) is 0.584. The Morgan fingerprint density at radius 2 is 2.45 bits per heavy atom. The number of carbonyl (C=O) groups excluding carboxylic acids is 1. The zero-order chi connectivity index (χ0) is 8.69. The molecule has 62 valence electrons. The lowest BCUT2D eigenvalue weighted by Gasteiger charge is -2.07. The first kappa shape index (κ1) is 9.92. The topological polar surface area (TPSA) is 73.1 Å². The van der Waals surface area contributed by atoms with E-state index in [0.29, 0.717) is 6.54 Å². The van der Waals surface area contributed by atoms with Gasteiger partial charge in [-0.3, -0.25) is 4.79 Å². The molecule has 0 aliphatic rings. The number of nitrogens with zero attached hydrogens (tertiary/aromatic N) is 1. The molecule has 0 saturated heterocycles. The summed E-state index contributed by atoms with van der Waals surface area (Å²) in [6.45, 7) is 2.29. The minimum absolute atomic E-state index is 0.0484. The summed E-state index contributed by atoms with van der Waals surface area (Å²) < 4.78 is 0. The zero-order valence-corrected chi connectivity index (χ0v) is 6.50. The monoisotopic (exact) mass is 156 g/mol. The van der Waals surface area contributed by atoms with E-state index in [1.54, 1.807) is 6.07 Å². The Balaban J connectivity index is 3.39. The van der Waals surface area contributed by atoms with Crippen LogP contribution in [0.2, 0.25) is 0 Å². The molecule has 1 atom stereocenters. The standard InChI is InChI=1S/C7H12N2O2/c1-6(5-10)4-9-7(11)2-3-8/h6,10H,2,4-5H2,1H3,(H,9,11). The third kappa shape index (κ3) is 5.37. The van der Waals surface area contributed by atoms with E-state index >= 15 is 0 Å². The Hall–Kier alpha value is -1.08. The van der Waals surface area contributed by atoms with Crippen molar-refractivity contribution in [2.75, 3.05) is 13.2 Å². The van der Waals surface area contributed by atoms with E-state index in [9.17, 15) is 4.79 Å². The van der Waals surface area contributed by atoms with E-state index in [0.717, 1.165) is 0 Å². The molecule has 0 aromatic rings. The Morgan fingerprint density at radius 3 is 2.91 bits per heavy atom. The van der Waals surface area contributed by atoms with Crippen molar-refractivity contribution >= 4 is 5.91 Å². The fourth-order valence-electron chi connectivity index (χ4n) is 0.487. The van der Waals surface area contributed by atoms with Gasteiger partial charge in [-0.2, -0.15) is 5.26 Å². The maximum absolute atomic E-state index is 10.6. The van der Waals surface area contributed by atoms with E-state index in [2.05, 4.69) is 5.32 Å². The highest BCUT2D eigenvalue weighted by Crippen LogP contribution is 1.88. The smallest absolute Gasteiger partial charge is 0.234 e. The van der Waals surface area contributed by atoms with Gasteiger partial charge in [-0.1, -0.05) is 6.92 Å². The molecule has 0 bridgehead atoms. The van der Waals surface area contributed by atoms with Crippen LogP contribution in [0.5, 0.6) is 0 Å². The molecule has 0 aliphatic heterocycles. The van der Waals surface area contributed by atoms with E-state index in [1.807, 2.05) is 6.92 Å². The molecule has 0 spiro atoms. The van der Waals surface area contributed by atoms with Gasteiger partial charge < -0.3 is 10.4 Å². The highest BCUT2D eigenvalue weighted by molar-refractivity contribution is 5.77. The molecule has 1 amide bonds. The highest BCUT2D eigenvalue weighted by atomic mass is 16.3. The average molecular weight is 156 g/mol. The highest BCUT2D eigenvalue weighted by Gasteiger charge is 2.02. The second kappa shape index (κ2) is 5.69. The Kier molecular flexibility index (Phi) is 5.13. The normalized spacial score (nSPS) is 11.7. The Morgan fingerprint density at radius 1 is 1.82 bits per heavy atom. The summed E-state index contributed by atoms with van der Waals surface area (Å²) in [5.41, 5.74) is 0. The van der Waals surface area contributed by atoms with Crippen LogP contribution in [0, 0.1) is 17.2 Å². The van der Waals surface area contributed by atoms with Crippen molar-refractivity contribution in [1.82, 2.24) is 5.32 Å². The number of carbonyl (C=O) groups is 1. The number of aliphatic hydroxyl groups excluding tert-OH is 1. The van der Waals surface area contributed by atoms with Gasteiger partial charge in [-0.15, -0.1) is 0 Å². The van der Waals surface area contributed by atoms with E-state index in [1.165, 1.54) is 0 Å². The molecule has 4 heteroatoms. The van der Waals surface area contributed by atoms with Gasteiger partial charge in [0.2, 0.25) is 5.91 Å². The van der Waals surface area contributed by atoms with Gasteiger partial charge in [0.1, 0.15) is 6.42 Å². The summed E-state index contributed by atoms with van der Waals surface area (Å²) in [6, 6.07) is 1.73. The summed E-state index contributed by atoms with van der Waals surface area (Å²) in [6.07, 6.45) is -0.113. The van der Waals surface area contributed by atoms with Crippen molar-refractivity contribution in [3.63, 3.8) is 0 Å². The molecule has 0 saturated carbocycles. The van der Waals surface area contributed by atoms with Crippen LogP contribution in [-0.2, 0) is 4.79 Å².